The van der Waals surface area contributed by atoms with Crippen molar-refractivity contribution in [1.82, 2.24) is 5.32 Å². The zero-order valence-electron chi connectivity index (χ0n) is 13.7. The minimum atomic E-state index is -0.204. The predicted molar refractivity (Wildman–Crippen MR) is 103 cm³/mol. The molecule has 124 valence electrons. The lowest BCUT2D eigenvalue weighted by Gasteiger charge is -2.18. The number of carbonyl (C=O) groups excluding carboxylic acids is 1. The maximum absolute atomic E-state index is 12.2. The van der Waals surface area contributed by atoms with E-state index in [1.807, 2.05) is 37.3 Å². The second-order valence-electron chi connectivity index (χ2n) is 6.02. The molecule has 3 rings (SSSR count). The lowest BCUT2D eigenvalue weighted by molar-refractivity contribution is 0.0977. The number of rotatable bonds is 3. The molecular weight excluding hydrogens is 318 g/mol. The van der Waals surface area contributed by atoms with Crippen LogP contribution >= 0.6 is 12.2 Å². The van der Waals surface area contributed by atoms with E-state index in [2.05, 4.69) is 27.7 Å². The summed E-state index contributed by atoms with van der Waals surface area (Å²) in [7, 11) is 0. The largest absolute Gasteiger partial charge is 0.372 e. The van der Waals surface area contributed by atoms with Crippen LogP contribution in [0, 0.1) is 6.92 Å². The van der Waals surface area contributed by atoms with Crippen molar-refractivity contribution >= 4 is 34.6 Å². The van der Waals surface area contributed by atoms with E-state index >= 15 is 0 Å². The molecule has 2 aromatic rings. The predicted octanol–water partition coefficient (Wildman–Crippen LogP) is 3.72. The van der Waals surface area contributed by atoms with E-state index in [-0.39, 0.29) is 5.91 Å². The Morgan fingerprint density at radius 2 is 1.79 bits per heavy atom. The molecule has 0 radical (unpaired) electrons. The summed E-state index contributed by atoms with van der Waals surface area (Å²) in [5, 5.41) is 6.07. The van der Waals surface area contributed by atoms with Crippen molar-refractivity contribution in [2.45, 2.75) is 19.8 Å². The molecule has 0 saturated carbocycles. The van der Waals surface area contributed by atoms with Crippen LogP contribution in [0.15, 0.2) is 48.5 Å². The van der Waals surface area contributed by atoms with E-state index in [0.717, 1.165) is 24.3 Å². The molecule has 0 aromatic heterocycles. The molecule has 1 amide bonds. The summed E-state index contributed by atoms with van der Waals surface area (Å²) in [4.78, 5) is 14.6. The van der Waals surface area contributed by atoms with Crippen molar-refractivity contribution in [3.63, 3.8) is 0 Å². The highest BCUT2D eigenvalue weighted by Gasteiger charge is 2.12. The van der Waals surface area contributed by atoms with E-state index in [1.54, 1.807) is 6.07 Å². The van der Waals surface area contributed by atoms with Crippen LogP contribution in [0.5, 0.6) is 0 Å². The number of anilines is 2. The Morgan fingerprint density at radius 3 is 2.46 bits per heavy atom. The van der Waals surface area contributed by atoms with E-state index in [4.69, 9.17) is 12.2 Å². The third-order valence-electron chi connectivity index (χ3n) is 4.10. The fourth-order valence-corrected chi connectivity index (χ4v) is 3.07. The van der Waals surface area contributed by atoms with E-state index < -0.39 is 0 Å². The fourth-order valence-electron chi connectivity index (χ4n) is 2.85. The zero-order valence-corrected chi connectivity index (χ0v) is 14.5. The Hall–Kier alpha value is -2.40. The SMILES string of the molecule is Cc1cccc(C(=O)NC(=S)Nc2ccc(N3CCCC3)cc2)c1. The van der Waals surface area contributed by atoms with Gasteiger partial charge in [-0.3, -0.25) is 10.1 Å². The van der Waals surface area contributed by atoms with Gasteiger partial charge in [0.05, 0.1) is 0 Å². The van der Waals surface area contributed by atoms with E-state index in [0.29, 0.717) is 10.7 Å². The molecule has 4 nitrogen and oxygen atoms in total. The molecule has 0 atom stereocenters. The Morgan fingerprint density at radius 1 is 1.08 bits per heavy atom. The number of aryl methyl sites for hydroxylation is 1. The van der Waals surface area contributed by atoms with Crippen LogP contribution in [0.3, 0.4) is 0 Å². The molecule has 0 unspecified atom stereocenters. The summed E-state index contributed by atoms with van der Waals surface area (Å²) in [5.74, 6) is -0.204. The average Bonchev–Trinajstić information content (AvgIpc) is 3.10. The Balaban J connectivity index is 1.57. The summed E-state index contributed by atoms with van der Waals surface area (Å²) in [6.07, 6.45) is 2.52. The summed E-state index contributed by atoms with van der Waals surface area (Å²) >= 11 is 5.23. The summed E-state index contributed by atoms with van der Waals surface area (Å²) < 4.78 is 0. The Labute approximate surface area is 147 Å². The standard InChI is InChI=1S/C19H21N3OS/c1-14-5-4-6-15(13-14)18(23)21-19(24)20-16-7-9-17(10-8-16)22-11-2-3-12-22/h4-10,13H,2-3,11-12H2,1H3,(H2,20,21,23,24). The average molecular weight is 339 g/mol. The van der Waals surface area contributed by atoms with Crippen molar-refractivity contribution in [2.75, 3.05) is 23.3 Å². The van der Waals surface area contributed by atoms with E-state index in [1.165, 1.54) is 18.5 Å². The van der Waals surface area contributed by atoms with Crippen LogP contribution < -0.4 is 15.5 Å². The molecule has 1 heterocycles. The summed E-state index contributed by atoms with van der Waals surface area (Å²) in [5.41, 5.74) is 3.74. The number of nitrogens with zero attached hydrogens (tertiary/aromatic N) is 1. The highest BCUT2D eigenvalue weighted by atomic mass is 32.1. The number of nitrogens with one attached hydrogen (secondary N) is 2. The second kappa shape index (κ2) is 7.45. The molecule has 2 N–H and O–H groups in total. The first-order valence-electron chi connectivity index (χ1n) is 8.16. The van der Waals surface area contributed by atoms with Gasteiger partial charge >= 0.3 is 0 Å². The number of hydrogen-bond acceptors (Lipinski definition) is 3. The minimum absolute atomic E-state index is 0.204. The molecule has 5 heteroatoms. The number of benzene rings is 2. The van der Waals surface area contributed by atoms with Gasteiger partial charge in [-0.1, -0.05) is 17.7 Å². The van der Waals surface area contributed by atoms with Crippen molar-refractivity contribution < 1.29 is 4.79 Å². The van der Waals surface area contributed by atoms with Crippen LogP contribution in [0.25, 0.3) is 0 Å². The molecule has 0 spiro atoms. The lowest BCUT2D eigenvalue weighted by atomic mass is 10.1. The number of carbonyl (C=O) groups is 1. The number of hydrogen-bond donors (Lipinski definition) is 2. The highest BCUT2D eigenvalue weighted by molar-refractivity contribution is 7.80. The molecular formula is C19H21N3OS. The van der Waals surface area contributed by atoms with Crippen LogP contribution in [0.1, 0.15) is 28.8 Å². The number of amides is 1. The molecule has 2 aromatic carbocycles. The van der Waals surface area contributed by atoms with Gasteiger partial charge < -0.3 is 10.2 Å². The van der Waals surface area contributed by atoms with Gasteiger partial charge in [-0.2, -0.15) is 0 Å². The van der Waals surface area contributed by atoms with Gasteiger partial charge in [0, 0.05) is 30.0 Å². The number of thiocarbonyl (C=S) groups is 1. The first-order valence-corrected chi connectivity index (χ1v) is 8.57. The van der Waals surface area contributed by atoms with Gasteiger partial charge in [-0.15, -0.1) is 0 Å². The van der Waals surface area contributed by atoms with Gasteiger partial charge in [-0.05, 0) is 68.4 Å². The van der Waals surface area contributed by atoms with Crippen molar-refractivity contribution in [3.05, 3.63) is 59.7 Å². The van der Waals surface area contributed by atoms with Crippen LogP contribution in [0.2, 0.25) is 0 Å². The normalized spacial score (nSPS) is 13.6. The van der Waals surface area contributed by atoms with Crippen molar-refractivity contribution in [2.24, 2.45) is 0 Å². The third kappa shape index (κ3) is 4.11. The van der Waals surface area contributed by atoms with E-state index in [9.17, 15) is 4.79 Å². The van der Waals surface area contributed by atoms with Gasteiger partial charge in [0.2, 0.25) is 0 Å². The molecule has 0 aliphatic carbocycles. The molecule has 24 heavy (non-hydrogen) atoms. The summed E-state index contributed by atoms with van der Waals surface area (Å²) in [6.45, 7) is 4.20. The van der Waals surface area contributed by atoms with Crippen LogP contribution in [-0.2, 0) is 0 Å². The highest BCUT2D eigenvalue weighted by Crippen LogP contribution is 2.22. The van der Waals surface area contributed by atoms with Crippen LogP contribution in [0.4, 0.5) is 11.4 Å². The van der Waals surface area contributed by atoms with Gasteiger partial charge in [-0.25, -0.2) is 0 Å². The first-order chi connectivity index (χ1) is 11.6. The first kappa shape index (κ1) is 16.5. The third-order valence-corrected chi connectivity index (χ3v) is 4.31. The molecule has 1 aliphatic rings. The minimum Gasteiger partial charge on any atom is -0.372 e. The van der Waals surface area contributed by atoms with Gasteiger partial charge in [0.25, 0.3) is 5.91 Å². The second-order valence-corrected chi connectivity index (χ2v) is 6.43. The quantitative estimate of drug-likeness (QED) is 0.837. The van der Waals surface area contributed by atoms with Crippen LogP contribution in [-0.4, -0.2) is 24.1 Å². The maximum atomic E-state index is 12.2. The molecule has 0 bridgehead atoms. The topological polar surface area (TPSA) is 44.4 Å². The molecule has 1 fully saturated rings. The lowest BCUT2D eigenvalue weighted by Crippen LogP contribution is -2.34. The zero-order chi connectivity index (χ0) is 16.9. The van der Waals surface area contributed by atoms with Gasteiger partial charge in [0.15, 0.2) is 5.11 Å². The Bertz CT molecular complexity index is 737. The molecule has 1 saturated heterocycles. The van der Waals surface area contributed by atoms with Crippen molar-refractivity contribution in [3.8, 4) is 0 Å². The fraction of sp³-hybridized carbons (Fsp3) is 0.263. The smallest absolute Gasteiger partial charge is 0.257 e. The van der Waals surface area contributed by atoms with Crippen molar-refractivity contribution in [1.29, 1.82) is 0 Å². The Kier molecular flexibility index (Phi) is 5.11. The summed E-state index contributed by atoms with van der Waals surface area (Å²) in [6, 6.07) is 15.6. The monoisotopic (exact) mass is 339 g/mol. The maximum Gasteiger partial charge on any atom is 0.257 e. The van der Waals surface area contributed by atoms with Gasteiger partial charge in [0.1, 0.15) is 0 Å². The molecule has 1 aliphatic heterocycles.